The molecule has 0 radical (unpaired) electrons. The molecule has 0 aliphatic heterocycles. The fraction of sp³-hybridized carbons (Fsp3) is 1.00. The van der Waals surface area contributed by atoms with Crippen molar-refractivity contribution in [2.45, 2.75) is 52.7 Å². The Bertz CT molecular complexity index is 117. The van der Waals surface area contributed by atoms with Crippen molar-refractivity contribution >= 4 is 0 Å². The van der Waals surface area contributed by atoms with Crippen LogP contribution in [0.25, 0.3) is 0 Å². The normalized spacial score (nSPS) is 17.5. The molecule has 0 aromatic rings. The minimum Gasteiger partial charge on any atom is -0.389 e. The Labute approximate surface area is 76.4 Å². The second-order valence-electron chi connectivity index (χ2n) is 4.37. The van der Waals surface area contributed by atoms with Gasteiger partial charge >= 0.3 is 0 Å². The average Bonchev–Trinajstić information content (AvgIpc) is 1.97. The first-order chi connectivity index (χ1) is 5.37. The molecule has 0 aliphatic rings. The van der Waals surface area contributed by atoms with Gasteiger partial charge in [0.2, 0.25) is 0 Å². The molecular weight excluding hydrogens is 150 g/mol. The summed E-state index contributed by atoms with van der Waals surface area (Å²) in [6.07, 6.45) is 1.18. The Morgan fingerprint density at radius 3 is 2.17 bits per heavy atom. The lowest BCUT2D eigenvalue weighted by atomic mass is 10.00. The van der Waals surface area contributed by atoms with Crippen LogP contribution in [0, 0.1) is 5.92 Å². The van der Waals surface area contributed by atoms with Gasteiger partial charge in [0.1, 0.15) is 0 Å². The molecule has 0 amide bonds. The zero-order valence-corrected chi connectivity index (χ0v) is 9.02. The van der Waals surface area contributed by atoms with E-state index in [4.69, 9.17) is 0 Å². The number of nitrogens with one attached hydrogen (secondary N) is 1. The maximum Gasteiger partial charge on any atom is 0.0715 e. The third kappa shape index (κ3) is 5.56. The summed E-state index contributed by atoms with van der Waals surface area (Å²) in [5.41, 5.74) is -0.596. The minimum absolute atomic E-state index is 0.487. The van der Waals surface area contributed by atoms with E-state index < -0.39 is 5.60 Å². The highest BCUT2D eigenvalue weighted by Gasteiger charge is 2.15. The van der Waals surface area contributed by atoms with Gasteiger partial charge in [0.25, 0.3) is 0 Å². The Balaban J connectivity index is 3.64. The summed E-state index contributed by atoms with van der Waals surface area (Å²) in [5, 5.41) is 12.8. The van der Waals surface area contributed by atoms with Gasteiger partial charge in [0.15, 0.2) is 0 Å². The summed E-state index contributed by atoms with van der Waals surface area (Å²) < 4.78 is 0. The standard InChI is InChI=1S/C10H23NO/c1-6-8(2)9(3)11-7-10(4,5)12/h8-9,11-12H,6-7H2,1-5H3/t8-,9-/m0/s1. The first-order valence-electron chi connectivity index (χ1n) is 4.82. The van der Waals surface area contributed by atoms with E-state index in [1.54, 1.807) is 0 Å². The Morgan fingerprint density at radius 1 is 1.33 bits per heavy atom. The summed E-state index contributed by atoms with van der Waals surface area (Å²) >= 11 is 0. The molecule has 0 bridgehead atoms. The van der Waals surface area contributed by atoms with Crippen molar-refractivity contribution in [3.63, 3.8) is 0 Å². The molecule has 0 spiro atoms. The van der Waals surface area contributed by atoms with Crippen molar-refractivity contribution in [1.82, 2.24) is 5.32 Å². The third-order valence-electron chi connectivity index (χ3n) is 2.35. The van der Waals surface area contributed by atoms with Gasteiger partial charge in [-0.1, -0.05) is 20.3 Å². The van der Waals surface area contributed by atoms with Crippen LogP contribution in [0.5, 0.6) is 0 Å². The molecule has 0 rings (SSSR count). The van der Waals surface area contributed by atoms with Crippen molar-refractivity contribution in [3.05, 3.63) is 0 Å². The van der Waals surface area contributed by atoms with Crippen LogP contribution >= 0.6 is 0 Å². The fourth-order valence-corrected chi connectivity index (χ4v) is 0.965. The van der Waals surface area contributed by atoms with E-state index in [2.05, 4.69) is 26.1 Å². The molecule has 0 aliphatic carbocycles. The van der Waals surface area contributed by atoms with Crippen LogP contribution in [0.15, 0.2) is 0 Å². The first kappa shape index (κ1) is 11.9. The van der Waals surface area contributed by atoms with Gasteiger partial charge in [-0.3, -0.25) is 0 Å². The topological polar surface area (TPSA) is 32.3 Å². The summed E-state index contributed by atoms with van der Waals surface area (Å²) in [6.45, 7) is 10.9. The number of aliphatic hydroxyl groups is 1. The van der Waals surface area contributed by atoms with Gasteiger partial charge in [-0.15, -0.1) is 0 Å². The smallest absolute Gasteiger partial charge is 0.0715 e. The Morgan fingerprint density at radius 2 is 1.83 bits per heavy atom. The first-order valence-corrected chi connectivity index (χ1v) is 4.82. The molecule has 0 saturated carbocycles. The van der Waals surface area contributed by atoms with Crippen LogP contribution in [-0.4, -0.2) is 23.3 Å². The van der Waals surface area contributed by atoms with E-state index >= 15 is 0 Å². The summed E-state index contributed by atoms with van der Waals surface area (Å²) in [4.78, 5) is 0. The molecule has 2 heteroatoms. The molecule has 0 fully saturated rings. The predicted octanol–water partition coefficient (Wildman–Crippen LogP) is 1.78. The molecule has 2 N–H and O–H groups in total. The second kappa shape index (κ2) is 4.83. The van der Waals surface area contributed by atoms with Crippen LogP contribution in [0.3, 0.4) is 0 Å². The van der Waals surface area contributed by atoms with Crippen molar-refractivity contribution in [3.8, 4) is 0 Å². The van der Waals surface area contributed by atoms with Crippen LogP contribution in [0.2, 0.25) is 0 Å². The maximum atomic E-state index is 9.46. The van der Waals surface area contributed by atoms with Crippen LogP contribution in [0.1, 0.15) is 41.0 Å². The van der Waals surface area contributed by atoms with Gasteiger partial charge in [0, 0.05) is 12.6 Å². The van der Waals surface area contributed by atoms with E-state index in [0.717, 1.165) is 0 Å². The highest BCUT2D eigenvalue weighted by atomic mass is 16.3. The van der Waals surface area contributed by atoms with E-state index in [9.17, 15) is 5.11 Å². The third-order valence-corrected chi connectivity index (χ3v) is 2.35. The largest absolute Gasteiger partial charge is 0.389 e. The van der Waals surface area contributed by atoms with Gasteiger partial charge in [0.05, 0.1) is 5.60 Å². The number of hydrogen-bond donors (Lipinski definition) is 2. The quantitative estimate of drug-likeness (QED) is 0.664. The van der Waals surface area contributed by atoms with Crippen molar-refractivity contribution in [2.75, 3.05) is 6.54 Å². The molecule has 0 aromatic carbocycles. The van der Waals surface area contributed by atoms with Crippen LogP contribution in [0.4, 0.5) is 0 Å². The lowest BCUT2D eigenvalue weighted by Gasteiger charge is -2.25. The van der Waals surface area contributed by atoms with Crippen LogP contribution in [-0.2, 0) is 0 Å². The van der Waals surface area contributed by atoms with Gasteiger partial charge < -0.3 is 10.4 Å². The SMILES string of the molecule is CC[C@H](C)[C@H](C)NCC(C)(C)O. The van der Waals surface area contributed by atoms with Crippen molar-refractivity contribution < 1.29 is 5.11 Å². The molecule has 0 saturated heterocycles. The van der Waals surface area contributed by atoms with E-state index in [1.807, 2.05) is 13.8 Å². The minimum atomic E-state index is -0.596. The fourth-order valence-electron chi connectivity index (χ4n) is 0.965. The highest BCUT2D eigenvalue weighted by molar-refractivity contribution is 4.74. The zero-order valence-electron chi connectivity index (χ0n) is 9.02. The molecule has 74 valence electrons. The van der Waals surface area contributed by atoms with Crippen molar-refractivity contribution in [1.29, 1.82) is 0 Å². The molecular formula is C10H23NO. The van der Waals surface area contributed by atoms with Gasteiger partial charge in [-0.05, 0) is 26.7 Å². The molecule has 12 heavy (non-hydrogen) atoms. The second-order valence-corrected chi connectivity index (χ2v) is 4.37. The molecule has 2 nitrogen and oxygen atoms in total. The lowest BCUT2D eigenvalue weighted by Crippen LogP contribution is -2.41. The summed E-state index contributed by atoms with van der Waals surface area (Å²) in [6, 6.07) is 0.487. The molecule has 2 atom stereocenters. The Hall–Kier alpha value is -0.0800. The summed E-state index contributed by atoms with van der Waals surface area (Å²) in [5.74, 6) is 0.673. The molecule has 0 unspecified atom stereocenters. The zero-order chi connectivity index (χ0) is 9.78. The molecule has 0 heterocycles. The monoisotopic (exact) mass is 173 g/mol. The van der Waals surface area contributed by atoms with Gasteiger partial charge in [-0.2, -0.15) is 0 Å². The van der Waals surface area contributed by atoms with E-state index in [1.165, 1.54) is 6.42 Å². The lowest BCUT2D eigenvalue weighted by molar-refractivity contribution is 0.0747. The van der Waals surface area contributed by atoms with Gasteiger partial charge in [-0.25, -0.2) is 0 Å². The predicted molar refractivity (Wildman–Crippen MR) is 53.2 cm³/mol. The Kier molecular flexibility index (Phi) is 4.80. The highest BCUT2D eigenvalue weighted by Crippen LogP contribution is 2.07. The maximum absolute atomic E-state index is 9.46. The average molecular weight is 173 g/mol. The number of rotatable bonds is 5. The molecule has 0 aromatic heterocycles. The van der Waals surface area contributed by atoms with Crippen LogP contribution < -0.4 is 5.32 Å². The summed E-state index contributed by atoms with van der Waals surface area (Å²) in [7, 11) is 0. The number of hydrogen-bond acceptors (Lipinski definition) is 2. The van der Waals surface area contributed by atoms with E-state index in [-0.39, 0.29) is 0 Å². The van der Waals surface area contributed by atoms with Crippen molar-refractivity contribution in [2.24, 2.45) is 5.92 Å². The van der Waals surface area contributed by atoms with E-state index in [0.29, 0.717) is 18.5 Å².